The van der Waals surface area contributed by atoms with Gasteiger partial charge in [0.15, 0.2) is 0 Å². The van der Waals surface area contributed by atoms with E-state index in [0.717, 1.165) is 11.4 Å². The summed E-state index contributed by atoms with van der Waals surface area (Å²) in [4.78, 5) is 20.1. The second-order valence-corrected chi connectivity index (χ2v) is 7.07. The van der Waals surface area contributed by atoms with Gasteiger partial charge in [-0.15, -0.1) is 11.3 Å². The largest absolute Gasteiger partial charge is 0.336 e. The molecule has 6 heteroatoms. The van der Waals surface area contributed by atoms with Crippen molar-refractivity contribution in [3.05, 3.63) is 76.0 Å². The average Bonchev–Trinajstić information content (AvgIpc) is 3.22. The van der Waals surface area contributed by atoms with E-state index in [-0.39, 0.29) is 12.1 Å². The number of hydrogen-bond acceptors (Lipinski definition) is 3. The first-order valence-corrected chi connectivity index (χ1v) is 9.01. The number of nitrogens with one attached hydrogen (secondary N) is 1. The van der Waals surface area contributed by atoms with Crippen LogP contribution in [0.25, 0.3) is 0 Å². The summed E-state index contributed by atoms with van der Waals surface area (Å²) in [7, 11) is 3.75. The topological polar surface area (TPSA) is 50.2 Å². The summed E-state index contributed by atoms with van der Waals surface area (Å²) in [5.41, 5.74) is 2.22. The van der Waals surface area contributed by atoms with Crippen LogP contribution in [-0.2, 0) is 13.6 Å². The van der Waals surface area contributed by atoms with Crippen molar-refractivity contribution in [2.45, 2.75) is 19.5 Å². The molecule has 2 amide bonds. The molecule has 0 aliphatic rings. The summed E-state index contributed by atoms with van der Waals surface area (Å²) >= 11 is 1.67. The van der Waals surface area contributed by atoms with E-state index in [1.54, 1.807) is 22.4 Å². The lowest BCUT2D eigenvalue weighted by atomic mass is 10.1. The number of hydrogen-bond donors (Lipinski definition) is 1. The first-order valence-electron chi connectivity index (χ1n) is 8.13. The molecule has 0 saturated heterocycles. The Labute approximate surface area is 151 Å². The molecule has 0 radical (unpaired) electrons. The Morgan fingerprint density at radius 2 is 2.08 bits per heavy atom. The Kier molecular flexibility index (Phi) is 5.19. The second kappa shape index (κ2) is 7.53. The normalized spacial score (nSPS) is 12.0. The van der Waals surface area contributed by atoms with Gasteiger partial charge in [0, 0.05) is 31.4 Å². The zero-order valence-corrected chi connectivity index (χ0v) is 15.5. The summed E-state index contributed by atoms with van der Waals surface area (Å²) in [6, 6.07) is 11.6. The maximum Gasteiger partial charge on any atom is 0.318 e. The molecule has 0 fully saturated rings. The third-order valence-corrected chi connectivity index (χ3v) is 5.22. The molecule has 0 saturated carbocycles. The number of aromatic nitrogens is 2. The lowest BCUT2D eigenvalue weighted by Crippen LogP contribution is -2.40. The third-order valence-electron chi connectivity index (χ3n) is 4.21. The molecule has 3 aromatic rings. The predicted molar refractivity (Wildman–Crippen MR) is 101 cm³/mol. The second-order valence-electron chi connectivity index (χ2n) is 6.07. The van der Waals surface area contributed by atoms with Crippen LogP contribution in [-0.4, -0.2) is 27.5 Å². The Balaban J connectivity index is 1.79. The first-order chi connectivity index (χ1) is 12.1. The number of aryl methyl sites for hydroxylation is 2. The van der Waals surface area contributed by atoms with Crippen LogP contribution in [0.1, 0.15) is 27.9 Å². The van der Waals surface area contributed by atoms with Crippen LogP contribution in [0.5, 0.6) is 0 Å². The van der Waals surface area contributed by atoms with Gasteiger partial charge in [-0.1, -0.05) is 30.3 Å². The van der Waals surface area contributed by atoms with Gasteiger partial charge in [-0.3, -0.25) is 0 Å². The molecule has 0 aliphatic carbocycles. The molecule has 1 N–H and O–H groups in total. The van der Waals surface area contributed by atoms with Crippen molar-refractivity contribution in [3.8, 4) is 0 Å². The molecule has 1 aromatic carbocycles. The first kappa shape index (κ1) is 17.2. The van der Waals surface area contributed by atoms with E-state index in [9.17, 15) is 4.79 Å². The number of rotatable bonds is 5. The number of amides is 2. The van der Waals surface area contributed by atoms with Crippen molar-refractivity contribution >= 4 is 17.4 Å². The summed E-state index contributed by atoms with van der Waals surface area (Å²) in [6.07, 6.45) is 3.63. The molecule has 130 valence electrons. The van der Waals surface area contributed by atoms with Gasteiger partial charge in [-0.25, -0.2) is 9.78 Å². The molecular weight excluding hydrogens is 332 g/mol. The number of imidazole rings is 1. The molecule has 5 nitrogen and oxygen atoms in total. The van der Waals surface area contributed by atoms with Gasteiger partial charge in [0.1, 0.15) is 11.9 Å². The zero-order chi connectivity index (χ0) is 17.8. The van der Waals surface area contributed by atoms with E-state index in [1.165, 1.54) is 10.4 Å². The lowest BCUT2D eigenvalue weighted by molar-refractivity contribution is 0.204. The molecule has 3 rings (SSSR count). The van der Waals surface area contributed by atoms with Crippen molar-refractivity contribution in [2.75, 3.05) is 7.05 Å². The molecule has 0 spiro atoms. The number of urea groups is 1. The van der Waals surface area contributed by atoms with E-state index in [1.807, 2.05) is 55.2 Å². The van der Waals surface area contributed by atoms with Crippen molar-refractivity contribution < 1.29 is 4.79 Å². The molecule has 1 atom stereocenters. The smallest absolute Gasteiger partial charge is 0.318 e. The van der Waals surface area contributed by atoms with Gasteiger partial charge in [0.25, 0.3) is 0 Å². The Hall–Kier alpha value is -2.60. The Morgan fingerprint density at radius 1 is 1.32 bits per heavy atom. The van der Waals surface area contributed by atoms with Crippen LogP contribution in [0.3, 0.4) is 0 Å². The Morgan fingerprint density at radius 3 is 2.68 bits per heavy atom. The minimum atomic E-state index is -0.291. The molecule has 0 bridgehead atoms. The fourth-order valence-corrected chi connectivity index (χ4v) is 3.64. The lowest BCUT2D eigenvalue weighted by Gasteiger charge is -2.24. The van der Waals surface area contributed by atoms with Crippen LogP contribution in [0, 0.1) is 6.92 Å². The highest BCUT2D eigenvalue weighted by Crippen LogP contribution is 2.21. The zero-order valence-electron chi connectivity index (χ0n) is 14.6. The summed E-state index contributed by atoms with van der Waals surface area (Å²) < 4.78 is 1.93. The number of carbonyl (C=O) groups excluding carboxylic acids is 1. The van der Waals surface area contributed by atoms with Gasteiger partial charge in [0.2, 0.25) is 0 Å². The number of thiophene rings is 1. The van der Waals surface area contributed by atoms with E-state index >= 15 is 0 Å². The monoisotopic (exact) mass is 354 g/mol. The van der Waals surface area contributed by atoms with Gasteiger partial charge < -0.3 is 14.8 Å². The number of nitrogens with zero attached hydrogens (tertiary/aromatic N) is 3. The highest BCUT2D eigenvalue weighted by Gasteiger charge is 2.22. The molecular formula is C19H22N4OS. The van der Waals surface area contributed by atoms with Crippen LogP contribution in [0.4, 0.5) is 4.79 Å². The van der Waals surface area contributed by atoms with Gasteiger partial charge in [-0.2, -0.15) is 0 Å². The molecule has 0 aliphatic heterocycles. The van der Waals surface area contributed by atoms with E-state index in [2.05, 4.69) is 28.7 Å². The summed E-state index contributed by atoms with van der Waals surface area (Å²) in [5, 5.41) is 5.17. The average molecular weight is 354 g/mol. The van der Waals surface area contributed by atoms with Crippen molar-refractivity contribution in [1.82, 2.24) is 19.8 Å². The maximum absolute atomic E-state index is 12.8. The summed E-state index contributed by atoms with van der Waals surface area (Å²) in [5.74, 6) is 0.806. The molecule has 25 heavy (non-hydrogen) atoms. The molecule has 1 unspecified atom stereocenters. The van der Waals surface area contributed by atoms with Crippen molar-refractivity contribution in [2.24, 2.45) is 7.05 Å². The van der Waals surface area contributed by atoms with Crippen LogP contribution < -0.4 is 5.32 Å². The highest BCUT2D eigenvalue weighted by molar-refractivity contribution is 7.10. The van der Waals surface area contributed by atoms with Crippen molar-refractivity contribution in [1.29, 1.82) is 0 Å². The fourth-order valence-electron chi connectivity index (χ4n) is 2.68. The fraction of sp³-hybridized carbons (Fsp3) is 0.263. The van der Waals surface area contributed by atoms with E-state index < -0.39 is 0 Å². The Bertz CT molecular complexity index is 840. The van der Waals surface area contributed by atoms with Crippen LogP contribution in [0.2, 0.25) is 0 Å². The van der Waals surface area contributed by atoms with Gasteiger partial charge in [0.05, 0.1) is 6.54 Å². The predicted octanol–water partition coefficient (Wildman–Crippen LogP) is 3.72. The van der Waals surface area contributed by atoms with Crippen LogP contribution in [0.15, 0.2) is 54.2 Å². The maximum atomic E-state index is 12.8. The quantitative estimate of drug-likeness (QED) is 0.759. The number of carbonyl (C=O) groups is 1. The highest BCUT2D eigenvalue weighted by atomic mass is 32.1. The van der Waals surface area contributed by atoms with Crippen LogP contribution >= 0.6 is 11.3 Å². The minimum absolute atomic E-state index is 0.121. The minimum Gasteiger partial charge on any atom is -0.336 e. The summed E-state index contributed by atoms with van der Waals surface area (Å²) in [6.45, 7) is 2.66. The standard InChI is InChI=1S/C19H22N4OS/c1-14-9-12-25-16(14)13-23(3)19(24)21-17(15-7-5-4-6-8-15)18-20-10-11-22(18)2/h4-12,17H,13H2,1-3H3,(H,21,24). The van der Waals surface area contributed by atoms with E-state index in [4.69, 9.17) is 0 Å². The molecule has 2 heterocycles. The van der Waals surface area contributed by atoms with Gasteiger partial charge in [-0.05, 0) is 29.5 Å². The van der Waals surface area contributed by atoms with E-state index in [0.29, 0.717) is 6.54 Å². The van der Waals surface area contributed by atoms with Gasteiger partial charge >= 0.3 is 6.03 Å². The number of benzene rings is 1. The van der Waals surface area contributed by atoms with Crippen molar-refractivity contribution in [3.63, 3.8) is 0 Å². The molecule has 2 aromatic heterocycles. The SMILES string of the molecule is Cc1ccsc1CN(C)C(=O)NC(c1ccccc1)c1nccn1C. The third kappa shape index (κ3) is 3.91.